The molecule has 9 heteroatoms. The van der Waals surface area contributed by atoms with E-state index in [1.165, 1.54) is 0 Å². The maximum Gasteiger partial charge on any atom is 0.306 e. The topological polar surface area (TPSA) is 103 Å². The van der Waals surface area contributed by atoms with Gasteiger partial charge in [0.25, 0.3) is 5.91 Å². The largest absolute Gasteiger partial charge is 0.493 e. The number of rotatable bonds is 10. The minimum absolute atomic E-state index is 0.0776. The van der Waals surface area contributed by atoms with Crippen LogP contribution in [0.2, 0.25) is 0 Å². The van der Waals surface area contributed by atoms with Crippen molar-refractivity contribution >= 4 is 45.1 Å². The van der Waals surface area contributed by atoms with E-state index in [1.54, 1.807) is 55.6 Å². The van der Waals surface area contributed by atoms with Crippen LogP contribution >= 0.6 is 15.9 Å². The zero-order chi connectivity index (χ0) is 25.2. The van der Waals surface area contributed by atoms with Crippen LogP contribution in [0.3, 0.4) is 0 Å². The van der Waals surface area contributed by atoms with Crippen LogP contribution in [0.25, 0.3) is 0 Å². The number of amides is 2. The fraction of sp³-hybridized carbons (Fsp3) is 0.192. The molecule has 0 aliphatic heterocycles. The van der Waals surface area contributed by atoms with Crippen molar-refractivity contribution in [1.29, 1.82) is 0 Å². The number of methoxy groups -OCH3 is 1. The highest BCUT2D eigenvalue weighted by Crippen LogP contribution is 2.31. The first-order chi connectivity index (χ1) is 16.8. The predicted molar refractivity (Wildman–Crippen MR) is 136 cm³/mol. The Morgan fingerprint density at radius 1 is 0.857 bits per heavy atom. The Kier molecular flexibility index (Phi) is 9.25. The molecule has 182 valence electrons. The normalized spacial score (nSPS) is 10.3. The summed E-state index contributed by atoms with van der Waals surface area (Å²) < 4.78 is 16.9. The molecule has 0 bridgehead atoms. The minimum atomic E-state index is -0.636. The average molecular weight is 541 g/mol. The number of aryl methyl sites for hydroxylation is 1. The van der Waals surface area contributed by atoms with Gasteiger partial charge in [-0.25, -0.2) is 0 Å². The molecular formula is C26H25BrN2O6. The molecule has 0 spiro atoms. The summed E-state index contributed by atoms with van der Waals surface area (Å²) in [4.78, 5) is 36.1. The molecule has 0 saturated heterocycles. The Morgan fingerprint density at radius 2 is 1.57 bits per heavy atom. The van der Waals surface area contributed by atoms with Gasteiger partial charge in [-0.05, 0) is 67.1 Å². The number of hydrogen-bond acceptors (Lipinski definition) is 6. The van der Waals surface area contributed by atoms with Crippen LogP contribution in [0.5, 0.6) is 17.2 Å². The number of ether oxygens (including phenoxy) is 3. The molecule has 3 aromatic rings. The number of hydrogen-bond donors (Lipinski definition) is 2. The van der Waals surface area contributed by atoms with Crippen LogP contribution in [0.4, 0.5) is 11.4 Å². The Labute approximate surface area is 211 Å². The summed E-state index contributed by atoms with van der Waals surface area (Å²) in [6.07, 6.45) is -0.225. The lowest BCUT2D eigenvalue weighted by Crippen LogP contribution is -2.22. The summed E-state index contributed by atoms with van der Waals surface area (Å²) in [5.41, 5.74) is 2.06. The highest BCUT2D eigenvalue weighted by atomic mass is 79.9. The smallest absolute Gasteiger partial charge is 0.306 e. The third kappa shape index (κ3) is 8.15. The molecule has 8 nitrogen and oxygen atoms in total. The summed E-state index contributed by atoms with van der Waals surface area (Å²) in [6, 6.07) is 19.5. The Morgan fingerprint density at radius 3 is 2.26 bits per heavy atom. The molecule has 0 fully saturated rings. The Balaban J connectivity index is 1.39. The monoisotopic (exact) mass is 540 g/mol. The number of carbonyl (C=O) groups excluding carboxylic acids is 3. The maximum absolute atomic E-state index is 12.2. The molecule has 0 unspecified atom stereocenters. The number of anilines is 2. The van der Waals surface area contributed by atoms with Crippen LogP contribution in [0.15, 0.2) is 71.2 Å². The number of benzene rings is 3. The SMILES string of the molecule is COc1ccccc1Oc1ccc(NC(=O)CCC(=O)OCC(=O)Nc2ccc(Br)cc2C)cc1. The van der Waals surface area contributed by atoms with E-state index in [-0.39, 0.29) is 18.7 Å². The second kappa shape index (κ2) is 12.6. The predicted octanol–water partition coefficient (Wildman–Crippen LogP) is 5.46. The van der Waals surface area contributed by atoms with Crippen molar-refractivity contribution in [3.63, 3.8) is 0 Å². The van der Waals surface area contributed by atoms with Gasteiger partial charge in [0.2, 0.25) is 5.91 Å². The highest BCUT2D eigenvalue weighted by Gasteiger charge is 2.12. The van der Waals surface area contributed by atoms with Gasteiger partial charge in [0.15, 0.2) is 18.1 Å². The molecule has 0 aromatic heterocycles. The quantitative estimate of drug-likeness (QED) is 0.331. The molecule has 2 amide bonds. The fourth-order valence-electron chi connectivity index (χ4n) is 3.05. The zero-order valence-electron chi connectivity index (χ0n) is 19.3. The van der Waals surface area contributed by atoms with Crippen LogP contribution in [-0.4, -0.2) is 31.5 Å². The molecular weight excluding hydrogens is 516 g/mol. The van der Waals surface area contributed by atoms with E-state index in [0.29, 0.717) is 28.6 Å². The second-order valence-electron chi connectivity index (χ2n) is 7.49. The first-order valence-electron chi connectivity index (χ1n) is 10.8. The van der Waals surface area contributed by atoms with Crippen LogP contribution < -0.4 is 20.1 Å². The molecule has 0 saturated carbocycles. The Hall–Kier alpha value is -3.85. The molecule has 3 rings (SSSR count). The molecule has 0 atom stereocenters. The summed E-state index contributed by atoms with van der Waals surface area (Å²) in [6.45, 7) is 1.43. The van der Waals surface area contributed by atoms with E-state index < -0.39 is 18.5 Å². The zero-order valence-corrected chi connectivity index (χ0v) is 20.9. The average Bonchev–Trinajstić information content (AvgIpc) is 2.85. The van der Waals surface area contributed by atoms with Crippen LogP contribution in [0.1, 0.15) is 18.4 Å². The van der Waals surface area contributed by atoms with Crippen LogP contribution in [0, 0.1) is 6.92 Å². The lowest BCUT2D eigenvalue weighted by molar-refractivity contribution is -0.147. The van der Waals surface area contributed by atoms with Gasteiger partial charge in [-0.2, -0.15) is 0 Å². The lowest BCUT2D eigenvalue weighted by Gasteiger charge is -2.11. The fourth-order valence-corrected chi connectivity index (χ4v) is 3.52. The summed E-state index contributed by atoms with van der Waals surface area (Å²) in [5.74, 6) is 0.318. The van der Waals surface area contributed by atoms with E-state index in [4.69, 9.17) is 14.2 Å². The highest BCUT2D eigenvalue weighted by molar-refractivity contribution is 9.10. The van der Waals surface area contributed by atoms with Gasteiger partial charge in [-0.1, -0.05) is 28.1 Å². The van der Waals surface area contributed by atoms with Gasteiger partial charge in [0.1, 0.15) is 5.75 Å². The van der Waals surface area contributed by atoms with Crippen molar-refractivity contribution in [3.8, 4) is 17.2 Å². The van der Waals surface area contributed by atoms with E-state index in [9.17, 15) is 14.4 Å². The van der Waals surface area contributed by atoms with Crippen LogP contribution in [-0.2, 0) is 19.1 Å². The van der Waals surface area contributed by atoms with E-state index in [1.807, 2.05) is 25.1 Å². The van der Waals surface area contributed by atoms with Gasteiger partial charge < -0.3 is 24.8 Å². The number of nitrogens with one attached hydrogen (secondary N) is 2. The molecule has 0 heterocycles. The second-order valence-corrected chi connectivity index (χ2v) is 8.41. The van der Waals surface area contributed by atoms with Crippen molar-refractivity contribution in [2.75, 3.05) is 24.4 Å². The van der Waals surface area contributed by atoms with Crippen molar-refractivity contribution in [2.24, 2.45) is 0 Å². The van der Waals surface area contributed by atoms with Crippen molar-refractivity contribution < 1.29 is 28.6 Å². The van der Waals surface area contributed by atoms with Crippen molar-refractivity contribution in [3.05, 3.63) is 76.8 Å². The van der Waals surface area contributed by atoms with E-state index >= 15 is 0 Å². The number of carbonyl (C=O) groups is 3. The molecule has 3 aromatic carbocycles. The van der Waals surface area contributed by atoms with Gasteiger partial charge in [0.05, 0.1) is 13.5 Å². The first-order valence-corrected chi connectivity index (χ1v) is 11.6. The third-order valence-electron chi connectivity index (χ3n) is 4.82. The summed E-state index contributed by atoms with van der Waals surface area (Å²) >= 11 is 3.36. The van der Waals surface area contributed by atoms with Crippen molar-refractivity contribution in [2.45, 2.75) is 19.8 Å². The molecule has 2 N–H and O–H groups in total. The first kappa shape index (κ1) is 25.8. The van der Waals surface area contributed by atoms with Crippen molar-refractivity contribution in [1.82, 2.24) is 0 Å². The van der Waals surface area contributed by atoms with E-state index in [0.717, 1.165) is 10.0 Å². The summed E-state index contributed by atoms with van der Waals surface area (Å²) in [7, 11) is 1.57. The molecule has 35 heavy (non-hydrogen) atoms. The lowest BCUT2D eigenvalue weighted by atomic mass is 10.2. The number of para-hydroxylation sites is 2. The number of halogens is 1. The molecule has 0 aliphatic carbocycles. The minimum Gasteiger partial charge on any atom is -0.493 e. The Bertz CT molecular complexity index is 1200. The summed E-state index contributed by atoms with van der Waals surface area (Å²) in [5, 5.41) is 5.39. The molecule has 0 aliphatic rings. The van der Waals surface area contributed by atoms with Gasteiger partial charge in [-0.3, -0.25) is 14.4 Å². The van der Waals surface area contributed by atoms with Gasteiger partial charge >= 0.3 is 5.97 Å². The number of esters is 1. The third-order valence-corrected chi connectivity index (χ3v) is 5.31. The van der Waals surface area contributed by atoms with Gasteiger partial charge in [-0.15, -0.1) is 0 Å². The van der Waals surface area contributed by atoms with Gasteiger partial charge in [0, 0.05) is 22.3 Å². The van der Waals surface area contributed by atoms with E-state index in [2.05, 4.69) is 26.6 Å². The molecule has 0 radical (unpaired) electrons. The standard InChI is InChI=1S/C26H25BrN2O6/c1-17-15-18(27)7-12-21(17)29-25(31)16-34-26(32)14-13-24(30)28-19-8-10-20(11-9-19)35-23-6-4-3-5-22(23)33-2/h3-12,15H,13-14,16H2,1-2H3,(H,28,30)(H,29,31). The maximum atomic E-state index is 12.2.